The molecule has 0 aliphatic heterocycles. The third kappa shape index (κ3) is 4.00. The van der Waals surface area contributed by atoms with Crippen LogP contribution < -0.4 is 10.9 Å². The van der Waals surface area contributed by atoms with Crippen LogP contribution in [-0.2, 0) is 14.6 Å². The van der Waals surface area contributed by atoms with Crippen LogP contribution in [0.4, 0.5) is 5.69 Å². The van der Waals surface area contributed by atoms with E-state index in [1.807, 2.05) is 6.92 Å². The summed E-state index contributed by atoms with van der Waals surface area (Å²) in [7, 11) is -3.50. The number of nitrogens with one attached hydrogen (secondary N) is 2. The van der Waals surface area contributed by atoms with Crippen molar-refractivity contribution >= 4 is 32.3 Å². The highest BCUT2D eigenvalue weighted by Crippen LogP contribution is 2.19. The maximum atomic E-state index is 12.2. The summed E-state index contributed by atoms with van der Waals surface area (Å²) in [5.74, 6) is -0.675. The van der Waals surface area contributed by atoms with E-state index in [2.05, 4.69) is 10.3 Å². The fourth-order valence-electron chi connectivity index (χ4n) is 2.71. The Kier molecular flexibility index (Phi) is 4.90. The van der Waals surface area contributed by atoms with Crippen molar-refractivity contribution in [2.75, 3.05) is 11.1 Å². The number of benzene rings is 2. The lowest BCUT2D eigenvalue weighted by molar-refractivity contribution is -0.115. The molecule has 0 fully saturated rings. The lowest BCUT2D eigenvalue weighted by Crippen LogP contribution is -2.17. The van der Waals surface area contributed by atoms with Crippen LogP contribution in [0.1, 0.15) is 12.0 Å². The highest BCUT2D eigenvalue weighted by atomic mass is 32.2. The van der Waals surface area contributed by atoms with Crippen LogP contribution in [0.5, 0.6) is 0 Å². The molecule has 0 saturated heterocycles. The maximum absolute atomic E-state index is 12.2. The Morgan fingerprint density at radius 2 is 1.81 bits per heavy atom. The number of aromatic nitrogens is 1. The standard InChI is InChI=1S/C19H18N2O4S/c1-13-11-19(23)21-17-12-14(7-8-16(13)17)20-18(22)9-10-26(24,25)15-5-3-2-4-6-15/h2-8,11-12H,9-10H2,1H3,(H,20,22)(H,21,23). The summed E-state index contributed by atoms with van der Waals surface area (Å²) in [6.45, 7) is 1.84. The Labute approximate surface area is 150 Å². The zero-order chi connectivity index (χ0) is 18.7. The highest BCUT2D eigenvalue weighted by Gasteiger charge is 2.16. The average molecular weight is 370 g/mol. The summed E-state index contributed by atoms with van der Waals surface area (Å²) in [5, 5.41) is 3.56. The molecular weight excluding hydrogens is 352 g/mol. The second kappa shape index (κ2) is 7.13. The molecule has 7 heteroatoms. The Balaban J connectivity index is 1.70. The molecule has 2 aromatic carbocycles. The first-order valence-corrected chi connectivity index (χ1v) is 9.72. The number of aryl methyl sites for hydroxylation is 1. The van der Waals surface area contributed by atoms with Gasteiger partial charge in [0.15, 0.2) is 9.84 Å². The minimum Gasteiger partial charge on any atom is -0.326 e. The van der Waals surface area contributed by atoms with Gasteiger partial charge in [-0.1, -0.05) is 24.3 Å². The van der Waals surface area contributed by atoms with Crippen molar-refractivity contribution in [2.24, 2.45) is 0 Å². The summed E-state index contributed by atoms with van der Waals surface area (Å²) in [4.78, 5) is 26.6. The summed E-state index contributed by atoms with van der Waals surface area (Å²) in [5.41, 5.74) is 1.74. The number of pyridine rings is 1. The average Bonchev–Trinajstić information content (AvgIpc) is 2.60. The van der Waals surface area contributed by atoms with E-state index in [0.29, 0.717) is 11.2 Å². The molecule has 0 radical (unpaired) electrons. The summed E-state index contributed by atoms with van der Waals surface area (Å²) in [6.07, 6.45) is -0.153. The first-order chi connectivity index (χ1) is 12.3. The smallest absolute Gasteiger partial charge is 0.248 e. The van der Waals surface area contributed by atoms with Crippen LogP contribution >= 0.6 is 0 Å². The van der Waals surface area contributed by atoms with Crippen LogP contribution in [0.2, 0.25) is 0 Å². The van der Waals surface area contributed by atoms with Gasteiger partial charge >= 0.3 is 0 Å². The second-order valence-electron chi connectivity index (χ2n) is 6.01. The molecule has 0 spiro atoms. The maximum Gasteiger partial charge on any atom is 0.248 e. The van der Waals surface area contributed by atoms with Gasteiger partial charge in [-0.05, 0) is 36.8 Å². The van der Waals surface area contributed by atoms with Gasteiger partial charge in [0.05, 0.1) is 16.2 Å². The van der Waals surface area contributed by atoms with Crippen molar-refractivity contribution in [3.05, 3.63) is 70.5 Å². The minimum absolute atomic E-state index is 0.153. The topological polar surface area (TPSA) is 96.1 Å². The number of amides is 1. The van der Waals surface area contributed by atoms with Gasteiger partial charge < -0.3 is 10.3 Å². The molecule has 2 N–H and O–H groups in total. The van der Waals surface area contributed by atoms with E-state index in [9.17, 15) is 18.0 Å². The van der Waals surface area contributed by atoms with Crippen molar-refractivity contribution in [3.63, 3.8) is 0 Å². The molecule has 0 saturated carbocycles. The Hall–Kier alpha value is -2.93. The van der Waals surface area contributed by atoms with E-state index < -0.39 is 15.7 Å². The van der Waals surface area contributed by atoms with E-state index in [1.54, 1.807) is 36.4 Å². The SMILES string of the molecule is Cc1cc(=O)[nH]c2cc(NC(=O)CCS(=O)(=O)c3ccccc3)ccc12. The number of carbonyl (C=O) groups excluding carboxylic acids is 1. The van der Waals surface area contributed by atoms with Crippen molar-refractivity contribution in [2.45, 2.75) is 18.2 Å². The number of anilines is 1. The van der Waals surface area contributed by atoms with E-state index in [-0.39, 0.29) is 22.6 Å². The predicted octanol–water partition coefficient (Wildman–Crippen LogP) is 2.64. The number of hydrogen-bond acceptors (Lipinski definition) is 4. The zero-order valence-corrected chi connectivity index (χ0v) is 15.0. The van der Waals surface area contributed by atoms with Crippen molar-refractivity contribution < 1.29 is 13.2 Å². The normalized spacial score (nSPS) is 11.4. The lowest BCUT2D eigenvalue weighted by Gasteiger charge is -2.08. The van der Waals surface area contributed by atoms with Gasteiger partial charge in [-0.15, -0.1) is 0 Å². The largest absolute Gasteiger partial charge is 0.326 e. The molecule has 0 aliphatic rings. The molecule has 0 aliphatic carbocycles. The van der Waals surface area contributed by atoms with Crippen LogP contribution in [-0.4, -0.2) is 25.1 Å². The monoisotopic (exact) mass is 370 g/mol. The molecule has 134 valence electrons. The van der Waals surface area contributed by atoms with Gasteiger partial charge in [-0.3, -0.25) is 9.59 Å². The predicted molar refractivity (Wildman–Crippen MR) is 101 cm³/mol. The molecule has 3 rings (SSSR count). The number of rotatable bonds is 5. The Bertz CT molecular complexity index is 1120. The van der Waals surface area contributed by atoms with Gasteiger partial charge in [0, 0.05) is 23.6 Å². The Morgan fingerprint density at radius 3 is 2.54 bits per heavy atom. The Morgan fingerprint density at radius 1 is 1.08 bits per heavy atom. The molecule has 0 atom stereocenters. The number of fused-ring (bicyclic) bond motifs is 1. The molecule has 1 aromatic heterocycles. The van der Waals surface area contributed by atoms with Gasteiger partial charge in [-0.25, -0.2) is 8.42 Å². The van der Waals surface area contributed by atoms with E-state index in [0.717, 1.165) is 10.9 Å². The summed E-state index contributed by atoms with van der Waals surface area (Å²) in [6, 6.07) is 14.7. The van der Waals surface area contributed by atoms with Gasteiger partial charge in [0.2, 0.25) is 11.5 Å². The van der Waals surface area contributed by atoms with Crippen molar-refractivity contribution in [1.29, 1.82) is 0 Å². The zero-order valence-electron chi connectivity index (χ0n) is 14.2. The third-order valence-electron chi connectivity index (χ3n) is 4.03. The molecular formula is C19H18N2O4S. The molecule has 0 unspecified atom stereocenters. The first kappa shape index (κ1) is 17.9. The van der Waals surface area contributed by atoms with Crippen LogP contribution in [0.25, 0.3) is 10.9 Å². The van der Waals surface area contributed by atoms with Crippen LogP contribution in [0, 0.1) is 6.92 Å². The first-order valence-electron chi connectivity index (χ1n) is 8.06. The molecule has 1 heterocycles. The van der Waals surface area contributed by atoms with Crippen molar-refractivity contribution in [3.8, 4) is 0 Å². The lowest BCUT2D eigenvalue weighted by atomic mass is 10.1. The van der Waals surface area contributed by atoms with Crippen molar-refractivity contribution in [1.82, 2.24) is 4.98 Å². The van der Waals surface area contributed by atoms with Gasteiger partial charge in [0.1, 0.15) is 0 Å². The summed E-state index contributed by atoms with van der Waals surface area (Å²) < 4.78 is 24.4. The minimum atomic E-state index is -3.50. The van der Waals surface area contributed by atoms with E-state index in [1.165, 1.54) is 18.2 Å². The number of hydrogen-bond donors (Lipinski definition) is 2. The van der Waals surface area contributed by atoms with E-state index >= 15 is 0 Å². The van der Waals surface area contributed by atoms with Crippen LogP contribution in [0.15, 0.2) is 64.3 Å². The fourth-order valence-corrected chi connectivity index (χ4v) is 3.97. The molecule has 3 aromatic rings. The molecule has 6 nitrogen and oxygen atoms in total. The van der Waals surface area contributed by atoms with Gasteiger partial charge in [0.25, 0.3) is 0 Å². The number of aromatic amines is 1. The molecule has 26 heavy (non-hydrogen) atoms. The van der Waals surface area contributed by atoms with E-state index in [4.69, 9.17) is 0 Å². The summed E-state index contributed by atoms with van der Waals surface area (Å²) >= 11 is 0. The highest BCUT2D eigenvalue weighted by molar-refractivity contribution is 7.91. The number of H-pyrrole nitrogens is 1. The second-order valence-corrected chi connectivity index (χ2v) is 8.12. The van der Waals surface area contributed by atoms with Crippen LogP contribution in [0.3, 0.4) is 0 Å². The fraction of sp³-hybridized carbons (Fsp3) is 0.158. The number of sulfone groups is 1. The molecule has 0 bridgehead atoms. The van der Waals surface area contributed by atoms with Gasteiger partial charge in [-0.2, -0.15) is 0 Å². The quantitative estimate of drug-likeness (QED) is 0.722. The third-order valence-corrected chi connectivity index (χ3v) is 5.77. The molecule has 1 amide bonds. The number of carbonyl (C=O) groups is 1.